The third-order valence-electron chi connectivity index (χ3n) is 5.31. The van der Waals surface area contributed by atoms with E-state index in [-0.39, 0.29) is 18.1 Å². The van der Waals surface area contributed by atoms with Crippen molar-refractivity contribution in [2.24, 2.45) is 0 Å². The minimum absolute atomic E-state index is 0.176. The van der Waals surface area contributed by atoms with E-state index >= 15 is 0 Å². The molecule has 0 bridgehead atoms. The quantitative estimate of drug-likeness (QED) is 0.413. The smallest absolute Gasteiger partial charge is 0.275 e. The van der Waals surface area contributed by atoms with Gasteiger partial charge in [0.2, 0.25) is 5.43 Å². The van der Waals surface area contributed by atoms with Crippen LogP contribution in [0.2, 0.25) is 0 Å². The van der Waals surface area contributed by atoms with Crippen molar-refractivity contribution < 1.29 is 4.79 Å². The lowest BCUT2D eigenvalue weighted by atomic mass is 10.1. The second kappa shape index (κ2) is 9.83. The number of nitriles is 1. The van der Waals surface area contributed by atoms with E-state index in [1.54, 1.807) is 11.6 Å². The SMILES string of the molecule is Cc1cc(=O)c(C(=O)NCCCc2nn(-c3ccccc3)c(N)c2C#N)nn1-c1ccccc1. The number of nitrogens with zero attached hydrogens (tertiary/aromatic N) is 5. The van der Waals surface area contributed by atoms with Crippen LogP contribution in [0.15, 0.2) is 71.5 Å². The van der Waals surface area contributed by atoms with E-state index in [0.717, 1.165) is 11.4 Å². The van der Waals surface area contributed by atoms with Gasteiger partial charge in [0.1, 0.15) is 17.5 Å². The number of amides is 1. The molecule has 0 unspecified atom stereocenters. The van der Waals surface area contributed by atoms with Crippen LogP contribution in [0.3, 0.4) is 0 Å². The van der Waals surface area contributed by atoms with E-state index in [9.17, 15) is 14.9 Å². The lowest BCUT2D eigenvalue weighted by molar-refractivity contribution is 0.0945. The van der Waals surface area contributed by atoms with Crippen molar-refractivity contribution in [3.05, 3.63) is 99.6 Å². The average molecular weight is 454 g/mol. The van der Waals surface area contributed by atoms with Gasteiger partial charge in [-0.1, -0.05) is 36.4 Å². The Balaban J connectivity index is 1.44. The molecule has 4 rings (SSSR count). The van der Waals surface area contributed by atoms with Crippen LogP contribution >= 0.6 is 0 Å². The van der Waals surface area contributed by atoms with Gasteiger partial charge in [0, 0.05) is 18.3 Å². The summed E-state index contributed by atoms with van der Waals surface area (Å²) in [5, 5.41) is 21.0. The van der Waals surface area contributed by atoms with Crippen molar-refractivity contribution in [2.75, 3.05) is 12.3 Å². The van der Waals surface area contributed by atoms with Gasteiger partial charge in [-0.3, -0.25) is 9.59 Å². The van der Waals surface area contributed by atoms with Crippen LogP contribution in [0.25, 0.3) is 11.4 Å². The molecule has 0 saturated carbocycles. The second-order valence-corrected chi connectivity index (χ2v) is 7.67. The molecule has 3 N–H and O–H groups in total. The molecule has 0 aliphatic heterocycles. The second-order valence-electron chi connectivity index (χ2n) is 7.67. The molecule has 9 heteroatoms. The summed E-state index contributed by atoms with van der Waals surface area (Å²) in [5.41, 5.74) is 8.53. The third kappa shape index (κ3) is 4.56. The Morgan fingerprint density at radius 1 is 1.03 bits per heavy atom. The first kappa shape index (κ1) is 22.5. The molecule has 34 heavy (non-hydrogen) atoms. The number of nitrogen functional groups attached to an aromatic ring is 1. The summed E-state index contributed by atoms with van der Waals surface area (Å²) in [4.78, 5) is 25.0. The molecule has 0 spiro atoms. The minimum atomic E-state index is -0.551. The number of rotatable bonds is 7. The number of nitrogens with two attached hydrogens (primary N) is 1. The summed E-state index contributed by atoms with van der Waals surface area (Å²) in [7, 11) is 0. The van der Waals surface area contributed by atoms with Crippen LogP contribution in [0, 0.1) is 18.3 Å². The Morgan fingerprint density at radius 2 is 1.65 bits per heavy atom. The predicted octanol–water partition coefficient (Wildman–Crippen LogP) is 2.54. The maximum absolute atomic E-state index is 12.7. The monoisotopic (exact) mass is 453 g/mol. The fourth-order valence-electron chi connectivity index (χ4n) is 3.62. The molecule has 2 aromatic heterocycles. The number of aromatic nitrogens is 4. The Labute approximate surface area is 196 Å². The minimum Gasteiger partial charge on any atom is -0.382 e. The Bertz CT molecular complexity index is 1420. The van der Waals surface area contributed by atoms with Gasteiger partial charge in [-0.2, -0.15) is 15.5 Å². The molecule has 0 aliphatic carbocycles. The van der Waals surface area contributed by atoms with E-state index in [1.807, 2.05) is 60.7 Å². The maximum Gasteiger partial charge on any atom is 0.275 e. The van der Waals surface area contributed by atoms with Gasteiger partial charge >= 0.3 is 0 Å². The summed E-state index contributed by atoms with van der Waals surface area (Å²) in [6, 6.07) is 22.1. The Morgan fingerprint density at radius 3 is 2.26 bits per heavy atom. The number of benzene rings is 2. The van der Waals surface area contributed by atoms with E-state index < -0.39 is 11.3 Å². The van der Waals surface area contributed by atoms with Gasteiger partial charge < -0.3 is 11.1 Å². The van der Waals surface area contributed by atoms with E-state index in [0.29, 0.717) is 29.8 Å². The first-order valence-electron chi connectivity index (χ1n) is 10.8. The van der Waals surface area contributed by atoms with Gasteiger partial charge in [0.25, 0.3) is 5.91 Å². The number of carbonyl (C=O) groups is 1. The van der Waals surface area contributed by atoms with Crippen molar-refractivity contribution in [1.82, 2.24) is 24.9 Å². The average Bonchev–Trinajstić information content (AvgIpc) is 3.17. The highest BCUT2D eigenvalue weighted by atomic mass is 16.2. The molecule has 0 radical (unpaired) electrons. The van der Waals surface area contributed by atoms with Crippen molar-refractivity contribution in [2.45, 2.75) is 19.8 Å². The number of hydrogen-bond acceptors (Lipinski definition) is 6. The first-order chi connectivity index (χ1) is 16.5. The third-order valence-corrected chi connectivity index (χ3v) is 5.31. The van der Waals surface area contributed by atoms with Crippen molar-refractivity contribution in [3.8, 4) is 17.4 Å². The van der Waals surface area contributed by atoms with Crippen molar-refractivity contribution in [3.63, 3.8) is 0 Å². The van der Waals surface area contributed by atoms with Crippen molar-refractivity contribution in [1.29, 1.82) is 5.26 Å². The van der Waals surface area contributed by atoms with Crippen LogP contribution in [0.1, 0.15) is 33.9 Å². The Hall–Kier alpha value is -4.71. The van der Waals surface area contributed by atoms with Crippen LogP contribution < -0.4 is 16.5 Å². The molecular formula is C25H23N7O2. The number of hydrogen-bond donors (Lipinski definition) is 2. The summed E-state index contributed by atoms with van der Waals surface area (Å²) < 4.78 is 3.10. The molecular weight excluding hydrogens is 430 g/mol. The van der Waals surface area contributed by atoms with Crippen LogP contribution in [0.4, 0.5) is 5.82 Å². The fraction of sp³-hybridized carbons (Fsp3) is 0.160. The number of aryl methyl sites for hydroxylation is 2. The van der Waals surface area contributed by atoms with E-state index in [4.69, 9.17) is 5.73 Å². The molecule has 0 aliphatic rings. The van der Waals surface area contributed by atoms with E-state index in [2.05, 4.69) is 21.6 Å². The number of nitrogens with one attached hydrogen (secondary N) is 1. The largest absolute Gasteiger partial charge is 0.382 e. The maximum atomic E-state index is 12.7. The fourth-order valence-corrected chi connectivity index (χ4v) is 3.62. The number of para-hydroxylation sites is 2. The van der Waals surface area contributed by atoms with Crippen molar-refractivity contribution >= 4 is 11.7 Å². The first-order valence-corrected chi connectivity index (χ1v) is 10.8. The lowest BCUT2D eigenvalue weighted by Gasteiger charge is -2.11. The highest BCUT2D eigenvalue weighted by Crippen LogP contribution is 2.21. The normalized spacial score (nSPS) is 10.6. The number of carbonyl (C=O) groups excluding carboxylic acids is 1. The molecule has 4 aromatic rings. The van der Waals surface area contributed by atoms with Gasteiger partial charge in [0.15, 0.2) is 5.69 Å². The van der Waals surface area contributed by atoms with Crippen LogP contribution in [-0.4, -0.2) is 32.0 Å². The zero-order chi connectivity index (χ0) is 24.1. The van der Waals surface area contributed by atoms with Gasteiger partial charge in [-0.15, -0.1) is 0 Å². The summed E-state index contributed by atoms with van der Waals surface area (Å²) >= 11 is 0. The van der Waals surface area contributed by atoms with Gasteiger partial charge in [-0.25, -0.2) is 9.36 Å². The van der Waals surface area contributed by atoms with Crippen LogP contribution in [-0.2, 0) is 6.42 Å². The van der Waals surface area contributed by atoms with Crippen LogP contribution in [0.5, 0.6) is 0 Å². The summed E-state index contributed by atoms with van der Waals surface area (Å²) in [5.74, 6) is -0.275. The zero-order valence-corrected chi connectivity index (χ0v) is 18.6. The molecule has 170 valence electrons. The summed E-state index contributed by atoms with van der Waals surface area (Å²) in [6.07, 6.45) is 0.938. The molecule has 1 amide bonds. The predicted molar refractivity (Wildman–Crippen MR) is 128 cm³/mol. The zero-order valence-electron chi connectivity index (χ0n) is 18.6. The Kier molecular flexibility index (Phi) is 6.50. The number of anilines is 1. The molecule has 0 saturated heterocycles. The summed E-state index contributed by atoms with van der Waals surface area (Å²) in [6.45, 7) is 2.04. The topological polar surface area (TPSA) is 132 Å². The molecule has 2 aromatic carbocycles. The van der Waals surface area contributed by atoms with Gasteiger partial charge in [0.05, 0.1) is 17.1 Å². The van der Waals surface area contributed by atoms with Gasteiger partial charge in [-0.05, 0) is 44.0 Å². The highest BCUT2D eigenvalue weighted by Gasteiger charge is 2.18. The highest BCUT2D eigenvalue weighted by molar-refractivity contribution is 5.92. The van der Waals surface area contributed by atoms with E-state index in [1.165, 1.54) is 10.7 Å². The molecule has 0 atom stereocenters. The standard InChI is InChI=1S/C25H23N7O2/c1-17-15-22(33)23(30-31(17)18-9-4-2-5-10-18)25(34)28-14-8-13-21-20(16-26)24(27)32(29-21)19-11-6-3-7-12-19/h2-7,9-12,15H,8,13-14,27H2,1H3,(H,28,34). The molecule has 9 nitrogen and oxygen atoms in total. The lowest BCUT2D eigenvalue weighted by Crippen LogP contribution is -2.32. The molecule has 0 fully saturated rings. The molecule has 2 heterocycles.